The van der Waals surface area contributed by atoms with Crippen LogP contribution in [0.5, 0.6) is 0 Å². The van der Waals surface area contributed by atoms with Gasteiger partial charge in [-0.05, 0) is 48.6 Å². The van der Waals surface area contributed by atoms with Gasteiger partial charge in [0.2, 0.25) is 0 Å². The SMILES string of the molecule is Cc1ccc(-c2ccc3c(c2)C(=O)CC3)c(C)c1. The molecule has 1 nitrogen and oxygen atoms in total. The smallest absolute Gasteiger partial charge is 0.163 e. The second-order valence-electron chi connectivity index (χ2n) is 5.11. The van der Waals surface area contributed by atoms with E-state index < -0.39 is 0 Å². The van der Waals surface area contributed by atoms with E-state index in [1.54, 1.807) is 0 Å². The van der Waals surface area contributed by atoms with E-state index in [2.05, 4.69) is 50.2 Å². The third-order valence-electron chi connectivity index (χ3n) is 3.72. The Balaban J connectivity index is 2.13. The van der Waals surface area contributed by atoms with Gasteiger partial charge in [0.15, 0.2) is 5.78 Å². The Kier molecular flexibility index (Phi) is 2.55. The van der Waals surface area contributed by atoms with Crippen LogP contribution in [0.2, 0.25) is 0 Å². The third kappa shape index (κ3) is 1.76. The summed E-state index contributed by atoms with van der Waals surface area (Å²) >= 11 is 0. The summed E-state index contributed by atoms with van der Waals surface area (Å²) < 4.78 is 0. The zero-order chi connectivity index (χ0) is 12.7. The number of hydrogen-bond acceptors (Lipinski definition) is 1. The Morgan fingerprint density at radius 3 is 2.50 bits per heavy atom. The minimum atomic E-state index is 0.289. The minimum Gasteiger partial charge on any atom is -0.294 e. The molecule has 0 atom stereocenters. The fourth-order valence-electron chi connectivity index (χ4n) is 2.74. The lowest BCUT2D eigenvalue weighted by atomic mass is 9.96. The summed E-state index contributed by atoms with van der Waals surface area (Å²) in [6, 6.07) is 12.7. The zero-order valence-corrected chi connectivity index (χ0v) is 10.8. The molecule has 0 amide bonds. The standard InChI is InChI=1S/C17H16O/c1-11-3-7-15(12(2)9-11)14-5-4-13-6-8-17(18)16(13)10-14/h3-5,7,9-10H,6,8H2,1-2H3. The summed E-state index contributed by atoms with van der Waals surface area (Å²) in [4.78, 5) is 11.8. The summed E-state index contributed by atoms with van der Waals surface area (Å²) in [5.41, 5.74) is 7.04. The Labute approximate surface area is 107 Å². The quantitative estimate of drug-likeness (QED) is 0.728. The molecule has 0 spiro atoms. The molecule has 0 N–H and O–H groups in total. The molecule has 0 aromatic heterocycles. The number of aryl methyl sites for hydroxylation is 3. The number of carbonyl (C=O) groups is 1. The Hall–Kier alpha value is -1.89. The van der Waals surface area contributed by atoms with Crippen LogP contribution in [-0.2, 0) is 6.42 Å². The molecule has 90 valence electrons. The average Bonchev–Trinajstić information content (AvgIpc) is 2.71. The molecule has 3 rings (SSSR count). The van der Waals surface area contributed by atoms with Gasteiger partial charge in [-0.25, -0.2) is 0 Å². The van der Waals surface area contributed by atoms with Crippen LogP contribution in [0.1, 0.15) is 33.5 Å². The molecule has 0 unspecified atom stereocenters. The van der Waals surface area contributed by atoms with Crippen molar-refractivity contribution < 1.29 is 4.79 Å². The van der Waals surface area contributed by atoms with Gasteiger partial charge in [0.05, 0.1) is 0 Å². The number of rotatable bonds is 1. The average molecular weight is 236 g/mol. The third-order valence-corrected chi connectivity index (χ3v) is 3.72. The van der Waals surface area contributed by atoms with Crippen LogP contribution in [0.25, 0.3) is 11.1 Å². The molecule has 2 aromatic carbocycles. The monoisotopic (exact) mass is 236 g/mol. The van der Waals surface area contributed by atoms with Crippen LogP contribution in [0.3, 0.4) is 0 Å². The van der Waals surface area contributed by atoms with Crippen molar-refractivity contribution in [1.82, 2.24) is 0 Å². The number of carbonyl (C=O) groups excluding carboxylic acids is 1. The van der Waals surface area contributed by atoms with Gasteiger partial charge in [-0.15, -0.1) is 0 Å². The molecule has 1 aliphatic rings. The first-order valence-electron chi connectivity index (χ1n) is 6.39. The van der Waals surface area contributed by atoms with Crippen molar-refractivity contribution in [2.24, 2.45) is 0 Å². The first-order valence-corrected chi connectivity index (χ1v) is 6.39. The summed E-state index contributed by atoms with van der Waals surface area (Å²) in [7, 11) is 0. The van der Waals surface area contributed by atoms with Gasteiger partial charge < -0.3 is 0 Å². The van der Waals surface area contributed by atoms with Gasteiger partial charge in [-0.1, -0.05) is 35.9 Å². The van der Waals surface area contributed by atoms with E-state index >= 15 is 0 Å². The number of benzene rings is 2. The van der Waals surface area contributed by atoms with Gasteiger partial charge in [-0.3, -0.25) is 4.79 Å². The van der Waals surface area contributed by atoms with Crippen molar-refractivity contribution in [1.29, 1.82) is 0 Å². The van der Waals surface area contributed by atoms with Crippen molar-refractivity contribution in [3.05, 3.63) is 58.7 Å². The Morgan fingerprint density at radius 1 is 0.889 bits per heavy atom. The van der Waals surface area contributed by atoms with E-state index in [0.717, 1.165) is 17.5 Å². The summed E-state index contributed by atoms with van der Waals surface area (Å²) in [6.07, 6.45) is 1.58. The maximum atomic E-state index is 11.8. The topological polar surface area (TPSA) is 17.1 Å². The summed E-state index contributed by atoms with van der Waals surface area (Å²) in [5, 5.41) is 0. The largest absolute Gasteiger partial charge is 0.294 e. The number of ketones is 1. The molecule has 1 aliphatic carbocycles. The minimum absolute atomic E-state index is 0.289. The van der Waals surface area contributed by atoms with Gasteiger partial charge in [-0.2, -0.15) is 0 Å². The Morgan fingerprint density at radius 2 is 1.72 bits per heavy atom. The lowest BCUT2D eigenvalue weighted by molar-refractivity contribution is 0.0994. The van der Waals surface area contributed by atoms with E-state index in [-0.39, 0.29) is 5.78 Å². The van der Waals surface area contributed by atoms with E-state index in [4.69, 9.17) is 0 Å². The maximum Gasteiger partial charge on any atom is 0.163 e. The van der Waals surface area contributed by atoms with Crippen molar-refractivity contribution in [2.45, 2.75) is 26.7 Å². The normalized spacial score (nSPS) is 13.8. The molecule has 0 fully saturated rings. The molecule has 1 heteroatoms. The van der Waals surface area contributed by atoms with E-state index in [0.29, 0.717) is 6.42 Å². The lowest BCUT2D eigenvalue weighted by Gasteiger charge is -2.08. The first kappa shape index (κ1) is 11.2. The van der Waals surface area contributed by atoms with Crippen LogP contribution in [-0.4, -0.2) is 5.78 Å². The number of Topliss-reactive ketones (excluding diaryl/α,β-unsaturated/α-hetero) is 1. The van der Waals surface area contributed by atoms with E-state index in [1.807, 2.05) is 0 Å². The summed E-state index contributed by atoms with van der Waals surface area (Å²) in [5.74, 6) is 0.289. The predicted octanol–water partition coefficient (Wildman–Crippen LogP) is 4.10. The molecule has 18 heavy (non-hydrogen) atoms. The maximum absolute atomic E-state index is 11.8. The van der Waals surface area contributed by atoms with Crippen LogP contribution in [0, 0.1) is 13.8 Å². The molecule has 2 aromatic rings. The van der Waals surface area contributed by atoms with Crippen molar-refractivity contribution in [2.75, 3.05) is 0 Å². The van der Waals surface area contributed by atoms with Gasteiger partial charge in [0.25, 0.3) is 0 Å². The van der Waals surface area contributed by atoms with E-state index in [1.165, 1.54) is 22.3 Å². The molecular weight excluding hydrogens is 220 g/mol. The fourth-order valence-corrected chi connectivity index (χ4v) is 2.74. The van der Waals surface area contributed by atoms with Crippen LogP contribution in [0.15, 0.2) is 36.4 Å². The lowest BCUT2D eigenvalue weighted by Crippen LogP contribution is -1.92. The first-order chi connectivity index (χ1) is 8.65. The van der Waals surface area contributed by atoms with Gasteiger partial charge in [0.1, 0.15) is 0 Å². The highest BCUT2D eigenvalue weighted by Gasteiger charge is 2.19. The van der Waals surface area contributed by atoms with Crippen molar-refractivity contribution in [3.63, 3.8) is 0 Å². The molecular formula is C17H16O. The van der Waals surface area contributed by atoms with Gasteiger partial charge in [0, 0.05) is 12.0 Å². The molecule has 0 saturated heterocycles. The Bertz CT molecular complexity index is 638. The molecule has 0 saturated carbocycles. The summed E-state index contributed by atoms with van der Waals surface area (Å²) in [6.45, 7) is 4.22. The zero-order valence-electron chi connectivity index (χ0n) is 10.8. The fraction of sp³-hybridized carbons (Fsp3) is 0.235. The van der Waals surface area contributed by atoms with E-state index in [9.17, 15) is 4.79 Å². The van der Waals surface area contributed by atoms with Crippen LogP contribution >= 0.6 is 0 Å². The highest BCUT2D eigenvalue weighted by molar-refractivity contribution is 6.01. The van der Waals surface area contributed by atoms with Crippen LogP contribution in [0.4, 0.5) is 0 Å². The molecule has 0 radical (unpaired) electrons. The van der Waals surface area contributed by atoms with Gasteiger partial charge >= 0.3 is 0 Å². The van der Waals surface area contributed by atoms with Crippen LogP contribution < -0.4 is 0 Å². The second-order valence-corrected chi connectivity index (χ2v) is 5.11. The molecule has 0 aliphatic heterocycles. The second kappa shape index (κ2) is 4.09. The highest BCUT2D eigenvalue weighted by atomic mass is 16.1. The highest BCUT2D eigenvalue weighted by Crippen LogP contribution is 2.30. The number of fused-ring (bicyclic) bond motifs is 1. The molecule has 0 bridgehead atoms. The molecule has 0 heterocycles. The predicted molar refractivity (Wildman–Crippen MR) is 74.0 cm³/mol. The van der Waals surface area contributed by atoms with Crippen molar-refractivity contribution >= 4 is 5.78 Å². The van der Waals surface area contributed by atoms with Crippen molar-refractivity contribution in [3.8, 4) is 11.1 Å². The number of hydrogen-bond donors (Lipinski definition) is 0.